The summed E-state index contributed by atoms with van der Waals surface area (Å²) in [7, 11) is 3.14. The molecule has 182 valence electrons. The zero-order valence-electron chi connectivity index (χ0n) is 21.1. The second-order valence-corrected chi connectivity index (χ2v) is 9.92. The van der Waals surface area contributed by atoms with Crippen LogP contribution in [0.25, 0.3) is 16.9 Å². The van der Waals surface area contributed by atoms with Crippen molar-refractivity contribution in [3.05, 3.63) is 71.7 Å². The predicted octanol–water partition coefficient (Wildman–Crippen LogP) is 6.33. The van der Waals surface area contributed by atoms with Crippen LogP contribution in [0, 0.1) is 11.8 Å². The first-order valence-electron chi connectivity index (χ1n) is 12.6. The van der Waals surface area contributed by atoms with E-state index in [0.717, 1.165) is 35.2 Å². The maximum atomic E-state index is 5.51. The van der Waals surface area contributed by atoms with Gasteiger partial charge in [0.05, 0.1) is 25.5 Å². The van der Waals surface area contributed by atoms with Crippen LogP contribution in [0.3, 0.4) is 0 Å². The monoisotopic (exact) mass is 470 g/mol. The Morgan fingerprint density at radius 3 is 2.40 bits per heavy atom. The normalized spacial score (nSPS) is 18.2. The van der Waals surface area contributed by atoms with Crippen LogP contribution in [0.4, 0.5) is 0 Å². The van der Waals surface area contributed by atoms with Crippen molar-refractivity contribution in [2.24, 2.45) is 11.8 Å². The number of rotatable bonds is 7. The fraction of sp³-hybridized carbons (Fsp3) is 0.414. The fourth-order valence-electron chi connectivity index (χ4n) is 5.45. The van der Waals surface area contributed by atoms with Crippen LogP contribution >= 0.6 is 0 Å². The summed E-state index contributed by atoms with van der Waals surface area (Å²) in [5.74, 6) is 2.88. The summed E-state index contributed by atoms with van der Waals surface area (Å²) in [6.07, 6.45) is 11.7. The number of methoxy groups -OCH3 is 2. The van der Waals surface area contributed by atoms with Gasteiger partial charge in [-0.2, -0.15) is 4.98 Å². The molecule has 3 heterocycles. The molecule has 0 unspecified atom stereocenters. The Kier molecular flexibility index (Phi) is 6.71. The summed E-state index contributed by atoms with van der Waals surface area (Å²) in [5.41, 5.74) is 6.61. The number of nitrogens with zero attached hydrogens (tertiary/aromatic N) is 4. The van der Waals surface area contributed by atoms with E-state index in [4.69, 9.17) is 9.47 Å². The highest BCUT2D eigenvalue weighted by molar-refractivity contribution is 5.69. The molecule has 35 heavy (non-hydrogen) atoms. The van der Waals surface area contributed by atoms with E-state index in [1.54, 1.807) is 20.4 Å². The van der Waals surface area contributed by atoms with Gasteiger partial charge in [0, 0.05) is 25.0 Å². The lowest BCUT2D eigenvalue weighted by molar-refractivity contribution is 0.259. The minimum atomic E-state index is 0.278. The van der Waals surface area contributed by atoms with E-state index in [1.807, 2.05) is 12.4 Å². The zero-order valence-corrected chi connectivity index (χ0v) is 21.1. The number of pyridine rings is 1. The summed E-state index contributed by atoms with van der Waals surface area (Å²) in [4.78, 5) is 13.3. The quantitative estimate of drug-likeness (QED) is 0.316. The molecule has 0 aliphatic heterocycles. The number of fused-ring (bicyclic) bond motifs is 1. The van der Waals surface area contributed by atoms with Crippen molar-refractivity contribution in [3.8, 4) is 23.1 Å². The maximum absolute atomic E-state index is 5.51. The van der Waals surface area contributed by atoms with Crippen LogP contribution in [0.2, 0.25) is 0 Å². The highest BCUT2D eigenvalue weighted by atomic mass is 16.5. The van der Waals surface area contributed by atoms with E-state index >= 15 is 0 Å². The minimum Gasteiger partial charge on any atom is -0.480 e. The first-order chi connectivity index (χ1) is 17.1. The van der Waals surface area contributed by atoms with Crippen molar-refractivity contribution in [2.45, 2.75) is 51.9 Å². The molecule has 6 heteroatoms. The summed E-state index contributed by atoms with van der Waals surface area (Å²) in [6.45, 7) is 4.73. The van der Waals surface area contributed by atoms with Gasteiger partial charge < -0.3 is 9.47 Å². The van der Waals surface area contributed by atoms with E-state index < -0.39 is 0 Å². The fourth-order valence-corrected chi connectivity index (χ4v) is 5.45. The average molecular weight is 471 g/mol. The Hall–Kier alpha value is -3.41. The van der Waals surface area contributed by atoms with E-state index in [9.17, 15) is 0 Å². The second kappa shape index (κ2) is 10.1. The molecule has 0 N–H and O–H groups in total. The average Bonchev–Trinajstić information content (AvgIpc) is 3.40. The molecule has 0 radical (unpaired) electrons. The Labute approximate surface area is 207 Å². The highest BCUT2D eigenvalue weighted by Crippen LogP contribution is 2.38. The molecule has 0 saturated heterocycles. The van der Waals surface area contributed by atoms with Crippen LogP contribution in [-0.4, -0.2) is 33.6 Å². The van der Waals surface area contributed by atoms with Gasteiger partial charge in [-0.1, -0.05) is 44.2 Å². The van der Waals surface area contributed by atoms with Gasteiger partial charge in [-0.05, 0) is 66.2 Å². The number of aromatic nitrogens is 4. The van der Waals surface area contributed by atoms with Gasteiger partial charge in [0.2, 0.25) is 5.88 Å². The molecule has 6 nitrogen and oxygen atoms in total. The van der Waals surface area contributed by atoms with Crippen LogP contribution in [-0.2, 0) is 6.42 Å². The Morgan fingerprint density at radius 2 is 1.71 bits per heavy atom. The van der Waals surface area contributed by atoms with Crippen LogP contribution in [0.5, 0.6) is 11.9 Å². The topological polar surface area (TPSA) is 61.5 Å². The molecule has 0 atom stereocenters. The molecule has 0 spiro atoms. The van der Waals surface area contributed by atoms with Crippen molar-refractivity contribution in [3.63, 3.8) is 0 Å². The van der Waals surface area contributed by atoms with Crippen LogP contribution in [0.1, 0.15) is 62.1 Å². The largest absolute Gasteiger partial charge is 0.480 e. The third kappa shape index (κ3) is 4.75. The summed E-state index contributed by atoms with van der Waals surface area (Å²) in [5, 5.41) is 0. The van der Waals surface area contributed by atoms with E-state index in [2.05, 4.69) is 69.6 Å². The van der Waals surface area contributed by atoms with Crippen molar-refractivity contribution in [2.75, 3.05) is 14.2 Å². The molecule has 1 aliphatic rings. The molecule has 1 saturated carbocycles. The van der Waals surface area contributed by atoms with Gasteiger partial charge in [-0.3, -0.25) is 4.40 Å². The van der Waals surface area contributed by atoms with Crippen molar-refractivity contribution >= 4 is 5.65 Å². The Bertz CT molecular complexity index is 1290. The minimum absolute atomic E-state index is 0.278. The second-order valence-electron chi connectivity index (χ2n) is 9.92. The van der Waals surface area contributed by atoms with Gasteiger partial charge in [-0.15, -0.1) is 0 Å². The number of ether oxygens (including phenoxy) is 2. The van der Waals surface area contributed by atoms with Crippen molar-refractivity contribution < 1.29 is 9.47 Å². The Morgan fingerprint density at radius 1 is 0.943 bits per heavy atom. The smallest absolute Gasteiger partial charge is 0.319 e. The van der Waals surface area contributed by atoms with E-state index in [-0.39, 0.29) is 6.01 Å². The maximum Gasteiger partial charge on any atom is 0.319 e. The first kappa shape index (κ1) is 23.3. The molecule has 1 fully saturated rings. The van der Waals surface area contributed by atoms with E-state index in [0.29, 0.717) is 11.8 Å². The summed E-state index contributed by atoms with van der Waals surface area (Å²) >= 11 is 0. The van der Waals surface area contributed by atoms with Gasteiger partial charge in [0.25, 0.3) is 0 Å². The van der Waals surface area contributed by atoms with Crippen LogP contribution < -0.4 is 9.47 Å². The molecule has 4 aromatic rings. The molecule has 0 amide bonds. The summed E-state index contributed by atoms with van der Waals surface area (Å²) in [6, 6.07) is 13.8. The number of imidazole rings is 1. The molecular formula is C29H34N4O2. The zero-order chi connectivity index (χ0) is 24.4. The molecule has 1 aliphatic carbocycles. The highest BCUT2D eigenvalue weighted by Gasteiger charge is 2.24. The third-order valence-corrected chi connectivity index (χ3v) is 7.57. The first-order valence-corrected chi connectivity index (χ1v) is 12.6. The lowest BCUT2D eigenvalue weighted by Crippen LogP contribution is -2.17. The standard InChI is InChI=1S/C29H34N4O2/c1-19(2)21-9-11-23(12-10-21)22-7-5-20(6-8-22)17-24-13-14-26(33-16-15-30-27(24)33)25-18-31-29(35-4)32-28(25)34-3/h5-8,13-16,18-19,21,23H,9-12,17H2,1-4H3. The van der Waals surface area contributed by atoms with Crippen LogP contribution in [0.15, 0.2) is 55.0 Å². The number of benzene rings is 1. The van der Waals surface area contributed by atoms with Gasteiger partial charge >= 0.3 is 6.01 Å². The predicted molar refractivity (Wildman–Crippen MR) is 138 cm³/mol. The van der Waals surface area contributed by atoms with Gasteiger partial charge in [0.1, 0.15) is 5.65 Å². The Balaban J connectivity index is 1.36. The SMILES string of the molecule is COc1ncc(-c2ccc(Cc3ccc(C4CCC(C(C)C)CC4)cc3)c3nccn23)c(OC)n1. The molecule has 5 rings (SSSR count). The molecule has 0 bridgehead atoms. The van der Waals surface area contributed by atoms with Gasteiger partial charge in [-0.25, -0.2) is 9.97 Å². The van der Waals surface area contributed by atoms with Crippen molar-refractivity contribution in [1.29, 1.82) is 0 Å². The third-order valence-electron chi connectivity index (χ3n) is 7.57. The number of hydrogen-bond acceptors (Lipinski definition) is 5. The molecule has 1 aromatic carbocycles. The molecular weight excluding hydrogens is 436 g/mol. The lowest BCUT2D eigenvalue weighted by Gasteiger charge is -2.31. The van der Waals surface area contributed by atoms with Gasteiger partial charge in [0.15, 0.2) is 0 Å². The number of hydrogen-bond donors (Lipinski definition) is 0. The van der Waals surface area contributed by atoms with Crippen molar-refractivity contribution in [1.82, 2.24) is 19.4 Å². The molecule has 3 aromatic heterocycles. The summed E-state index contributed by atoms with van der Waals surface area (Å²) < 4.78 is 12.7. The van der Waals surface area contributed by atoms with E-state index in [1.165, 1.54) is 42.4 Å². The lowest BCUT2D eigenvalue weighted by atomic mass is 9.75.